The molecule has 0 fully saturated rings. The standard InChI is InChI=1S/C12H16N2/c1-9-11-6-5-10(12(2,3)4)7-14(11)8-13-9/h5-8H,1-4H3. The van der Waals surface area contributed by atoms with Gasteiger partial charge in [0.2, 0.25) is 0 Å². The van der Waals surface area contributed by atoms with Gasteiger partial charge in [0, 0.05) is 6.20 Å². The van der Waals surface area contributed by atoms with E-state index in [0.717, 1.165) is 5.69 Å². The Morgan fingerprint density at radius 1 is 1.21 bits per heavy atom. The molecule has 0 aromatic carbocycles. The van der Waals surface area contributed by atoms with Crippen molar-refractivity contribution < 1.29 is 0 Å². The van der Waals surface area contributed by atoms with Crippen molar-refractivity contribution in [3.63, 3.8) is 0 Å². The van der Waals surface area contributed by atoms with Gasteiger partial charge in [-0.3, -0.25) is 0 Å². The first kappa shape index (κ1) is 9.25. The number of hydrogen-bond donors (Lipinski definition) is 0. The molecule has 0 unspecified atom stereocenters. The van der Waals surface area contributed by atoms with E-state index in [1.54, 1.807) is 0 Å². The summed E-state index contributed by atoms with van der Waals surface area (Å²) >= 11 is 0. The molecule has 2 nitrogen and oxygen atoms in total. The normalized spacial score (nSPS) is 12.3. The summed E-state index contributed by atoms with van der Waals surface area (Å²) in [7, 11) is 0. The van der Waals surface area contributed by atoms with Crippen LogP contribution in [0.3, 0.4) is 0 Å². The highest BCUT2D eigenvalue weighted by molar-refractivity contribution is 5.52. The van der Waals surface area contributed by atoms with Crippen LogP contribution in [0.1, 0.15) is 32.0 Å². The third-order valence-electron chi connectivity index (χ3n) is 2.59. The number of rotatable bonds is 0. The van der Waals surface area contributed by atoms with Crippen LogP contribution in [-0.2, 0) is 5.41 Å². The topological polar surface area (TPSA) is 17.3 Å². The van der Waals surface area contributed by atoms with E-state index >= 15 is 0 Å². The Bertz CT molecular complexity index is 461. The van der Waals surface area contributed by atoms with Gasteiger partial charge in [-0.25, -0.2) is 4.98 Å². The molecule has 0 saturated heterocycles. The highest BCUT2D eigenvalue weighted by Crippen LogP contribution is 2.22. The summed E-state index contributed by atoms with van der Waals surface area (Å²) in [5.41, 5.74) is 3.82. The molecule has 2 rings (SSSR count). The molecule has 2 heterocycles. The summed E-state index contributed by atoms with van der Waals surface area (Å²) in [5, 5.41) is 0. The fourth-order valence-corrected chi connectivity index (χ4v) is 1.58. The summed E-state index contributed by atoms with van der Waals surface area (Å²) in [6.07, 6.45) is 4.04. The molecule has 2 aromatic rings. The first-order chi connectivity index (χ1) is 6.48. The van der Waals surface area contributed by atoms with Crippen molar-refractivity contribution in [3.05, 3.63) is 35.9 Å². The summed E-state index contributed by atoms with van der Waals surface area (Å²) in [6, 6.07) is 4.33. The van der Waals surface area contributed by atoms with Gasteiger partial charge in [-0.15, -0.1) is 0 Å². The molecule has 2 aromatic heterocycles. The zero-order chi connectivity index (χ0) is 10.3. The van der Waals surface area contributed by atoms with Crippen molar-refractivity contribution in [1.82, 2.24) is 9.38 Å². The molecule has 0 radical (unpaired) electrons. The summed E-state index contributed by atoms with van der Waals surface area (Å²) in [4.78, 5) is 4.28. The molecule has 0 aliphatic heterocycles. The molecule has 0 spiro atoms. The largest absolute Gasteiger partial charge is 0.306 e. The number of hydrogen-bond acceptors (Lipinski definition) is 1. The Balaban J connectivity index is 2.63. The highest BCUT2D eigenvalue weighted by Gasteiger charge is 2.14. The molecule has 74 valence electrons. The maximum absolute atomic E-state index is 4.28. The van der Waals surface area contributed by atoms with Crippen molar-refractivity contribution in [2.24, 2.45) is 0 Å². The van der Waals surface area contributed by atoms with Crippen molar-refractivity contribution in [1.29, 1.82) is 0 Å². The van der Waals surface area contributed by atoms with Gasteiger partial charge in [-0.2, -0.15) is 0 Å². The predicted octanol–water partition coefficient (Wildman–Crippen LogP) is 2.94. The van der Waals surface area contributed by atoms with Crippen LogP contribution in [0.15, 0.2) is 24.7 Å². The Labute approximate surface area is 84.6 Å². The zero-order valence-corrected chi connectivity index (χ0v) is 9.20. The SMILES string of the molecule is Cc1ncn2cc(C(C)(C)C)ccc12. The van der Waals surface area contributed by atoms with Gasteiger partial charge in [-0.05, 0) is 24.0 Å². The van der Waals surface area contributed by atoms with Crippen molar-refractivity contribution in [3.8, 4) is 0 Å². The third-order valence-corrected chi connectivity index (χ3v) is 2.59. The molecule has 0 aliphatic rings. The second-order valence-corrected chi connectivity index (χ2v) is 4.79. The number of imidazole rings is 1. The van der Waals surface area contributed by atoms with E-state index in [1.165, 1.54) is 11.1 Å². The Kier molecular flexibility index (Phi) is 1.88. The second kappa shape index (κ2) is 2.84. The van der Waals surface area contributed by atoms with Crippen LogP contribution < -0.4 is 0 Å². The molecule has 14 heavy (non-hydrogen) atoms. The monoisotopic (exact) mass is 188 g/mol. The van der Waals surface area contributed by atoms with Gasteiger partial charge >= 0.3 is 0 Å². The molecule has 0 N–H and O–H groups in total. The lowest BCUT2D eigenvalue weighted by atomic mass is 9.88. The van der Waals surface area contributed by atoms with Gasteiger partial charge in [0.25, 0.3) is 0 Å². The predicted molar refractivity (Wildman–Crippen MR) is 58.6 cm³/mol. The average Bonchev–Trinajstić information content (AvgIpc) is 2.46. The van der Waals surface area contributed by atoms with Crippen LogP contribution in [0.25, 0.3) is 5.52 Å². The quantitative estimate of drug-likeness (QED) is 0.621. The minimum absolute atomic E-state index is 0.201. The Morgan fingerprint density at radius 2 is 1.93 bits per heavy atom. The van der Waals surface area contributed by atoms with Crippen molar-refractivity contribution >= 4 is 5.52 Å². The van der Waals surface area contributed by atoms with Crippen LogP contribution in [0.2, 0.25) is 0 Å². The molecule has 0 amide bonds. The molecule has 2 heteroatoms. The van der Waals surface area contributed by atoms with Gasteiger partial charge in [0.05, 0.1) is 17.5 Å². The van der Waals surface area contributed by atoms with E-state index < -0.39 is 0 Å². The maximum atomic E-state index is 4.28. The smallest absolute Gasteiger partial charge is 0.0995 e. The Morgan fingerprint density at radius 3 is 2.57 bits per heavy atom. The number of nitrogens with zero attached hydrogens (tertiary/aromatic N) is 2. The minimum atomic E-state index is 0.201. The zero-order valence-electron chi connectivity index (χ0n) is 9.20. The van der Waals surface area contributed by atoms with E-state index in [2.05, 4.69) is 48.5 Å². The fourth-order valence-electron chi connectivity index (χ4n) is 1.58. The summed E-state index contributed by atoms with van der Waals surface area (Å²) < 4.78 is 2.09. The first-order valence-corrected chi connectivity index (χ1v) is 4.92. The van der Waals surface area contributed by atoms with Gasteiger partial charge in [-0.1, -0.05) is 26.8 Å². The number of pyridine rings is 1. The van der Waals surface area contributed by atoms with Crippen molar-refractivity contribution in [2.45, 2.75) is 33.1 Å². The lowest BCUT2D eigenvalue weighted by Crippen LogP contribution is -2.11. The van der Waals surface area contributed by atoms with E-state index in [9.17, 15) is 0 Å². The van der Waals surface area contributed by atoms with Gasteiger partial charge < -0.3 is 4.40 Å². The first-order valence-electron chi connectivity index (χ1n) is 4.92. The number of fused-ring (bicyclic) bond motifs is 1. The van der Waals surface area contributed by atoms with Crippen molar-refractivity contribution in [2.75, 3.05) is 0 Å². The minimum Gasteiger partial charge on any atom is -0.306 e. The molecule has 0 saturated carbocycles. The van der Waals surface area contributed by atoms with Crippen LogP contribution >= 0.6 is 0 Å². The van der Waals surface area contributed by atoms with E-state index in [4.69, 9.17) is 0 Å². The fraction of sp³-hybridized carbons (Fsp3) is 0.417. The van der Waals surface area contributed by atoms with Gasteiger partial charge in [0.15, 0.2) is 0 Å². The molecular weight excluding hydrogens is 172 g/mol. The molecule has 0 aliphatic carbocycles. The molecule has 0 bridgehead atoms. The third kappa shape index (κ3) is 1.41. The van der Waals surface area contributed by atoms with E-state index in [1.807, 2.05) is 13.3 Å². The van der Waals surface area contributed by atoms with E-state index in [0.29, 0.717) is 0 Å². The summed E-state index contributed by atoms with van der Waals surface area (Å²) in [5.74, 6) is 0. The molecular formula is C12H16N2. The van der Waals surface area contributed by atoms with Gasteiger partial charge in [0.1, 0.15) is 0 Å². The second-order valence-electron chi connectivity index (χ2n) is 4.79. The van der Waals surface area contributed by atoms with Crippen LogP contribution in [0.5, 0.6) is 0 Å². The van der Waals surface area contributed by atoms with E-state index in [-0.39, 0.29) is 5.41 Å². The molecule has 0 atom stereocenters. The van der Waals surface area contributed by atoms with Crippen LogP contribution in [0, 0.1) is 6.92 Å². The highest BCUT2D eigenvalue weighted by atomic mass is 15.0. The number of aryl methyl sites for hydroxylation is 1. The number of aromatic nitrogens is 2. The Hall–Kier alpha value is -1.31. The van der Waals surface area contributed by atoms with Crippen LogP contribution in [0.4, 0.5) is 0 Å². The average molecular weight is 188 g/mol. The summed E-state index contributed by atoms with van der Waals surface area (Å²) in [6.45, 7) is 8.69. The lowest BCUT2D eigenvalue weighted by Gasteiger charge is -2.18. The maximum Gasteiger partial charge on any atom is 0.0995 e. The van der Waals surface area contributed by atoms with Crippen LogP contribution in [-0.4, -0.2) is 9.38 Å². The lowest BCUT2D eigenvalue weighted by molar-refractivity contribution is 0.586.